The van der Waals surface area contributed by atoms with Gasteiger partial charge in [0.25, 0.3) is 0 Å². The Labute approximate surface area is 168 Å². The second-order valence-electron chi connectivity index (χ2n) is 7.40. The molecule has 0 N–H and O–H groups in total. The Bertz CT molecular complexity index is 1070. The second-order valence-corrected chi connectivity index (χ2v) is 8.45. The zero-order valence-electron chi connectivity index (χ0n) is 16.4. The zero-order chi connectivity index (χ0) is 19.7. The first-order valence-electron chi connectivity index (χ1n) is 9.61. The molecule has 146 valence electrons. The van der Waals surface area contributed by atoms with E-state index in [0.29, 0.717) is 30.5 Å². The Balaban J connectivity index is 1.65. The average Bonchev–Trinajstić information content (AvgIpc) is 2.90. The first kappa shape index (κ1) is 18.9. The van der Waals surface area contributed by atoms with Crippen LogP contribution in [0.15, 0.2) is 50.5 Å². The molecule has 5 heteroatoms. The van der Waals surface area contributed by atoms with Gasteiger partial charge < -0.3 is 13.9 Å². The van der Waals surface area contributed by atoms with Gasteiger partial charge in [-0.05, 0) is 59.9 Å². The van der Waals surface area contributed by atoms with Gasteiger partial charge in [0.1, 0.15) is 5.58 Å². The maximum atomic E-state index is 12.1. The molecule has 1 aliphatic heterocycles. The molecule has 0 atom stereocenters. The van der Waals surface area contributed by atoms with Crippen LogP contribution in [0, 0.1) is 6.92 Å². The number of fused-ring (bicyclic) bond motifs is 2. The Morgan fingerprint density at radius 3 is 2.61 bits per heavy atom. The van der Waals surface area contributed by atoms with E-state index in [0.717, 1.165) is 39.3 Å². The molecule has 0 saturated carbocycles. The van der Waals surface area contributed by atoms with Crippen molar-refractivity contribution >= 4 is 22.7 Å². The molecular weight excluding hydrogens is 372 g/mol. The lowest BCUT2D eigenvalue weighted by Gasteiger charge is -2.13. The molecule has 1 aliphatic rings. The summed E-state index contributed by atoms with van der Waals surface area (Å²) in [5.41, 5.74) is 3.77. The molecule has 0 bridgehead atoms. The predicted octanol–water partition coefficient (Wildman–Crippen LogP) is 5.68. The van der Waals surface area contributed by atoms with Crippen LogP contribution in [0.2, 0.25) is 0 Å². The van der Waals surface area contributed by atoms with Crippen molar-refractivity contribution < 1.29 is 13.9 Å². The topological polar surface area (TPSA) is 48.7 Å². The minimum absolute atomic E-state index is 0.307. The molecule has 0 saturated heterocycles. The van der Waals surface area contributed by atoms with E-state index >= 15 is 0 Å². The van der Waals surface area contributed by atoms with E-state index in [1.807, 2.05) is 24.3 Å². The van der Waals surface area contributed by atoms with Crippen LogP contribution < -0.4 is 15.1 Å². The molecule has 2 heterocycles. The smallest absolute Gasteiger partial charge is 0.336 e. The number of hydrogen-bond donors (Lipinski definition) is 0. The highest BCUT2D eigenvalue weighted by molar-refractivity contribution is 7.98. The largest absolute Gasteiger partial charge is 0.490 e. The molecule has 4 nitrogen and oxygen atoms in total. The number of aryl methyl sites for hydroxylation is 1. The van der Waals surface area contributed by atoms with Crippen molar-refractivity contribution in [1.29, 1.82) is 0 Å². The van der Waals surface area contributed by atoms with E-state index in [1.54, 1.807) is 17.8 Å². The van der Waals surface area contributed by atoms with Crippen molar-refractivity contribution in [2.24, 2.45) is 0 Å². The standard InChI is InChI=1S/C23H24O4S/c1-14(2)18-12-19-16(10-23(24)27-21(19)9-15(18)3)13-28-17-5-6-20-22(11-17)26-8-4-7-25-20/h5-6,9-12,14H,4,7-8,13H2,1-3H3. The summed E-state index contributed by atoms with van der Waals surface area (Å²) in [4.78, 5) is 13.1. The third kappa shape index (κ3) is 3.90. The summed E-state index contributed by atoms with van der Waals surface area (Å²) < 4.78 is 16.9. The molecule has 0 fully saturated rings. The summed E-state index contributed by atoms with van der Waals surface area (Å²) >= 11 is 1.68. The van der Waals surface area contributed by atoms with E-state index in [1.165, 1.54) is 5.56 Å². The normalized spacial score (nSPS) is 13.7. The minimum atomic E-state index is -0.307. The van der Waals surface area contributed by atoms with Crippen LogP contribution in [0.25, 0.3) is 11.0 Å². The number of benzene rings is 2. The third-order valence-electron chi connectivity index (χ3n) is 4.95. The molecule has 0 unspecified atom stereocenters. The molecular formula is C23H24O4S. The fourth-order valence-electron chi connectivity index (χ4n) is 3.53. The summed E-state index contributed by atoms with van der Waals surface area (Å²) in [5.74, 6) is 2.68. The van der Waals surface area contributed by atoms with E-state index in [4.69, 9.17) is 13.9 Å². The van der Waals surface area contributed by atoms with Crippen molar-refractivity contribution in [3.8, 4) is 11.5 Å². The van der Waals surface area contributed by atoms with Crippen LogP contribution in [0.3, 0.4) is 0 Å². The van der Waals surface area contributed by atoms with Gasteiger partial charge in [0.15, 0.2) is 11.5 Å². The van der Waals surface area contributed by atoms with E-state index in [2.05, 4.69) is 26.8 Å². The van der Waals surface area contributed by atoms with Crippen LogP contribution >= 0.6 is 11.8 Å². The Morgan fingerprint density at radius 2 is 1.82 bits per heavy atom. The number of thioether (sulfide) groups is 1. The summed E-state index contributed by atoms with van der Waals surface area (Å²) in [7, 11) is 0. The number of ether oxygens (including phenoxy) is 2. The Kier molecular flexibility index (Phi) is 5.36. The molecule has 2 aromatic carbocycles. The van der Waals surface area contributed by atoms with Gasteiger partial charge in [0, 0.05) is 28.5 Å². The molecule has 4 rings (SSSR count). The highest BCUT2D eigenvalue weighted by Gasteiger charge is 2.14. The molecule has 28 heavy (non-hydrogen) atoms. The molecule has 1 aromatic heterocycles. The summed E-state index contributed by atoms with van der Waals surface area (Å²) in [6.07, 6.45) is 0.889. The molecule has 0 amide bonds. The molecule has 3 aromatic rings. The Hall–Kier alpha value is -2.40. The minimum Gasteiger partial charge on any atom is -0.490 e. The number of rotatable bonds is 4. The van der Waals surface area contributed by atoms with Crippen LogP contribution in [0.5, 0.6) is 11.5 Å². The van der Waals surface area contributed by atoms with E-state index in [9.17, 15) is 4.79 Å². The highest BCUT2D eigenvalue weighted by atomic mass is 32.2. The molecule has 0 aliphatic carbocycles. The fourth-order valence-corrected chi connectivity index (χ4v) is 4.44. The summed E-state index contributed by atoms with van der Waals surface area (Å²) in [6, 6.07) is 11.8. The first-order chi connectivity index (χ1) is 13.5. The SMILES string of the molecule is Cc1cc2oc(=O)cc(CSc3ccc4c(c3)OCCCO4)c2cc1C(C)C. The van der Waals surface area contributed by atoms with Crippen LogP contribution in [-0.4, -0.2) is 13.2 Å². The van der Waals surface area contributed by atoms with Crippen LogP contribution in [0.1, 0.15) is 42.9 Å². The molecule has 0 spiro atoms. The van der Waals surface area contributed by atoms with Gasteiger partial charge in [0.05, 0.1) is 13.2 Å². The maximum Gasteiger partial charge on any atom is 0.336 e. The van der Waals surface area contributed by atoms with Gasteiger partial charge in [-0.1, -0.05) is 13.8 Å². The summed E-state index contributed by atoms with van der Waals surface area (Å²) in [5, 5.41) is 1.01. The van der Waals surface area contributed by atoms with Gasteiger partial charge in [-0.2, -0.15) is 0 Å². The van der Waals surface area contributed by atoms with Gasteiger partial charge >= 0.3 is 5.63 Å². The van der Waals surface area contributed by atoms with Gasteiger partial charge in [0.2, 0.25) is 0 Å². The lowest BCUT2D eigenvalue weighted by Crippen LogP contribution is -2.02. The van der Waals surface area contributed by atoms with Gasteiger partial charge in [-0.15, -0.1) is 11.8 Å². The maximum absolute atomic E-state index is 12.1. The van der Waals surface area contributed by atoms with Crippen molar-refractivity contribution in [1.82, 2.24) is 0 Å². The van der Waals surface area contributed by atoms with Gasteiger partial charge in [-0.25, -0.2) is 4.79 Å². The lowest BCUT2D eigenvalue weighted by atomic mass is 9.95. The van der Waals surface area contributed by atoms with Crippen LogP contribution in [-0.2, 0) is 5.75 Å². The Morgan fingerprint density at radius 1 is 1.04 bits per heavy atom. The van der Waals surface area contributed by atoms with Crippen molar-refractivity contribution in [2.45, 2.75) is 43.8 Å². The third-order valence-corrected chi connectivity index (χ3v) is 5.99. The van der Waals surface area contributed by atoms with E-state index < -0.39 is 0 Å². The molecule has 0 radical (unpaired) electrons. The average molecular weight is 397 g/mol. The van der Waals surface area contributed by atoms with Crippen molar-refractivity contribution in [3.05, 3.63) is 63.5 Å². The second kappa shape index (κ2) is 7.92. The lowest BCUT2D eigenvalue weighted by molar-refractivity contribution is 0.297. The quantitative estimate of drug-likeness (QED) is 0.419. The fraction of sp³-hybridized carbons (Fsp3) is 0.348. The monoisotopic (exact) mass is 396 g/mol. The zero-order valence-corrected chi connectivity index (χ0v) is 17.2. The van der Waals surface area contributed by atoms with Gasteiger partial charge in [-0.3, -0.25) is 0 Å². The van der Waals surface area contributed by atoms with Crippen LogP contribution in [0.4, 0.5) is 0 Å². The predicted molar refractivity (Wildman–Crippen MR) is 113 cm³/mol. The summed E-state index contributed by atoms with van der Waals surface area (Å²) in [6.45, 7) is 7.78. The van der Waals surface area contributed by atoms with Crippen molar-refractivity contribution in [2.75, 3.05) is 13.2 Å². The first-order valence-corrected chi connectivity index (χ1v) is 10.6. The highest BCUT2D eigenvalue weighted by Crippen LogP contribution is 2.36. The van der Waals surface area contributed by atoms with Crippen molar-refractivity contribution in [3.63, 3.8) is 0 Å². The van der Waals surface area contributed by atoms with E-state index in [-0.39, 0.29) is 5.63 Å². The number of hydrogen-bond acceptors (Lipinski definition) is 5.